The number of benzene rings is 2. The molecule has 2 aromatic rings. The Morgan fingerprint density at radius 2 is 1.62 bits per heavy atom. The van der Waals surface area contributed by atoms with E-state index in [1.54, 1.807) is 50.2 Å². The number of amides is 2. The van der Waals surface area contributed by atoms with E-state index in [0.29, 0.717) is 11.1 Å². The second-order valence-electron chi connectivity index (χ2n) is 12.2. The van der Waals surface area contributed by atoms with Gasteiger partial charge in [0.2, 0.25) is 11.7 Å². The minimum absolute atomic E-state index is 0.0746. The lowest BCUT2D eigenvalue weighted by atomic mass is 9.54. The highest BCUT2D eigenvalue weighted by atomic mass is 16.4. The first-order valence-electron chi connectivity index (χ1n) is 14.3. The molecule has 0 bridgehead atoms. The van der Waals surface area contributed by atoms with Gasteiger partial charge in [0.05, 0.1) is 29.3 Å². The zero-order chi connectivity index (χ0) is 33.3. The van der Waals surface area contributed by atoms with Crippen molar-refractivity contribution in [3.63, 3.8) is 0 Å². The maximum absolute atomic E-state index is 14.2. The number of rotatable bonds is 6. The van der Waals surface area contributed by atoms with Crippen molar-refractivity contribution in [3.05, 3.63) is 76.1 Å². The van der Waals surface area contributed by atoms with Gasteiger partial charge in [-0.3, -0.25) is 29.0 Å². The molecule has 0 saturated heterocycles. The third kappa shape index (κ3) is 4.53. The van der Waals surface area contributed by atoms with Crippen LogP contribution in [0.25, 0.3) is 5.76 Å². The normalized spacial score (nSPS) is 28.5. The number of anilines is 1. The fourth-order valence-electron chi connectivity index (χ4n) is 7.24. The number of carbonyl (C=O) groups excluding carboxylic acids is 4. The van der Waals surface area contributed by atoms with E-state index in [-0.39, 0.29) is 11.3 Å². The van der Waals surface area contributed by atoms with E-state index in [1.165, 1.54) is 31.1 Å². The molecule has 2 aromatic carbocycles. The van der Waals surface area contributed by atoms with Crippen molar-refractivity contribution in [2.75, 3.05) is 33.5 Å². The number of hydrogen-bond donors (Lipinski definition) is 7. The molecule has 0 heterocycles. The number of hydrogen-bond acceptors (Lipinski definition) is 11. The van der Waals surface area contributed by atoms with Gasteiger partial charge in [0.1, 0.15) is 28.9 Å². The Bertz CT molecular complexity index is 1680. The van der Waals surface area contributed by atoms with Crippen LogP contribution >= 0.6 is 0 Å². The molecule has 13 nitrogen and oxygen atoms in total. The zero-order valence-corrected chi connectivity index (χ0v) is 25.3. The molecule has 8 N–H and O–H groups in total. The third-order valence-electron chi connectivity index (χ3n) is 9.27. The van der Waals surface area contributed by atoms with Crippen molar-refractivity contribution in [2.24, 2.45) is 17.6 Å². The van der Waals surface area contributed by atoms with Crippen LogP contribution in [-0.2, 0) is 19.2 Å². The standard InChI is InChI=1S/C32H36N4O9/c1-13-15-11-12-16(34-31(44)22(35(2)3)14-9-7-6-8-10-14)24(37)18(15)25(38)19-17(13)26(39)21-23(36(4)5)27(40)20(30(33)43)29(42)32(21,45)28(19)41/h6-13,17,21-23,26,37-39,42,45H,1-5H3,(H2,33,43)(H,34,44)/t13?,17?,21?,22?,23-,26?,32?/m0/s1. The van der Waals surface area contributed by atoms with Crippen molar-refractivity contribution < 1.29 is 44.7 Å². The average Bonchev–Trinajstić information content (AvgIpc) is 2.96. The van der Waals surface area contributed by atoms with E-state index in [2.05, 4.69) is 5.32 Å². The summed E-state index contributed by atoms with van der Waals surface area (Å²) in [4.78, 5) is 56.1. The first kappa shape index (κ1) is 31.9. The highest BCUT2D eigenvalue weighted by Crippen LogP contribution is 2.56. The molecule has 13 heteroatoms. The smallest absolute Gasteiger partial charge is 0.255 e. The Hall–Kier alpha value is -4.56. The summed E-state index contributed by atoms with van der Waals surface area (Å²) in [5, 5.41) is 60.2. The number of primary amides is 1. The van der Waals surface area contributed by atoms with Gasteiger partial charge in [-0.15, -0.1) is 0 Å². The molecule has 238 valence electrons. The number of phenolic OH excluding ortho intramolecular Hbond substituents is 1. The number of aliphatic hydroxyl groups is 4. The highest BCUT2D eigenvalue weighted by Gasteiger charge is 2.68. The minimum atomic E-state index is -3.01. The third-order valence-corrected chi connectivity index (χ3v) is 9.27. The number of nitrogens with two attached hydrogens (primary N) is 1. The summed E-state index contributed by atoms with van der Waals surface area (Å²) in [7, 11) is 6.31. The van der Waals surface area contributed by atoms with E-state index >= 15 is 0 Å². The lowest BCUT2D eigenvalue weighted by Gasteiger charge is -2.53. The van der Waals surface area contributed by atoms with Crippen LogP contribution in [0.5, 0.6) is 5.75 Å². The number of likely N-dealkylation sites (N-methyl/N-ethyl adjacent to an activating group) is 2. The molecule has 5 rings (SSSR count). The van der Waals surface area contributed by atoms with Crippen molar-refractivity contribution in [1.82, 2.24) is 9.80 Å². The predicted octanol–water partition coefficient (Wildman–Crippen LogP) is 0.737. The van der Waals surface area contributed by atoms with Gasteiger partial charge in [-0.2, -0.15) is 0 Å². The first-order chi connectivity index (χ1) is 21.1. The summed E-state index contributed by atoms with van der Waals surface area (Å²) >= 11 is 0. The van der Waals surface area contributed by atoms with Gasteiger partial charge in [-0.05, 0) is 51.3 Å². The molecule has 0 spiro atoms. The van der Waals surface area contributed by atoms with Crippen LogP contribution < -0.4 is 11.1 Å². The van der Waals surface area contributed by atoms with Crippen molar-refractivity contribution in [3.8, 4) is 5.75 Å². The molecule has 0 aromatic heterocycles. The second-order valence-corrected chi connectivity index (χ2v) is 12.2. The SMILES string of the molecule is CC1c2ccc(NC(=O)C(c3ccccc3)N(C)C)c(O)c2C(O)=C2C(=O)C3(O)C(O)=C(C(N)=O)C(=O)[C@@H](N(C)C)C3C(O)C21. The first-order valence-corrected chi connectivity index (χ1v) is 14.3. The Kier molecular flexibility index (Phi) is 7.86. The number of nitrogens with zero attached hydrogens (tertiary/aromatic N) is 2. The number of aromatic hydroxyl groups is 1. The highest BCUT2D eigenvalue weighted by molar-refractivity contribution is 6.24. The summed E-state index contributed by atoms with van der Waals surface area (Å²) in [6.07, 6.45) is -1.70. The number of fused-ring (bicyclic) bond motifs is 3. The van der Waals surface area contributed by atoms with Gasteiger partial charge >= 0.3 is 0 Å². The molecule has 3 aliphatic rings. The Labute approximate surface area is 258 Å². The van der Waals surface area contributed by atoms with Crippen LogP contribution in [0.1, 0.15) is 35.6 Å². The van der Waals surface area contributed by atoms with Crippen LogP contribution in [0.15, 0.2) is 59.4 Å². The molecule has 0 radical (unpaired) electrons. The van der Waals surface area contributed by atoms with Gasteiger partial charge < -0.3 is 36.6 Å². The molecular weight excluding hydrogens is 584 g/mol. The summed E-state index contributed by atoms with van der Waals surface area (Å²) in [5.74, 6) is -10.4. The van der Waals surface area contributed by atoms with Crippen molar-refractivity contribution in [1.29, 1.82) is 0 Å². The van der Waals surface area contributed by atoms with Gasteiger partial charge in [0.25, 0.3) is 5.91 Å². The maximum atomic E-state index is 14.2. The fraction of sp³-hybridized carbons (Fsp3) is 0.375. The number of carbonyl (C=O) groups is 4. The van der Waals surface area contributed by atoms with Crippen LogP contribution in [0.3, 0.4) is 0 Å². The summed E-state index contributed by atoms with van der Waals surface area (Å²) in [6.45, 7) is 1.63. The van der Waals surface area contributed by atoms with E-state index in [0.717, 1.165) is 0 Å². The lowest BCUT2D eigenvalue weighted by molar-refractivity contribution is -0.169. The number of Topliss-reactive ketones (excluding diaryl/α,β-unsaturated/α-hetero) is 2. The van der Waals surface area contributed by atoms with E-state index in [4.69, 9.17) is 5.73 Å². The molecule has 45 heavy (non-hydrogen) atoms. The molecular formula is C32H36N4O9. The summed E-state index contributed by atoms with van der Waals surface area (Å²) in [5.41, 5.74) is 1.56. The number of aliphatic hydroxyl groups excluding tert-OH is 3. The van der Waals surface area contributed by atoms with Crippen molar-refractivity contribution >= 4 is 34.8 Å². The van der Waals surface area contributed by atoms with Crippen LogP contribution in [0, 0.1) is 11.8 Å². The minimum Gasteiger partial charge on any atom is -0.508 e. The zero-order valence-electron chi connectivity index (χ0n) is 25.3. The van der Waals surface area contributed by atoms with Gasteiger partial charge in [0, 0.05) is 11.5 Å². The maximum Gasteiger partial charge on any atom is 0.255 e. The number of nitrogens with one attached hydrogen (secondary N) is 1. The van der Waals surface area contributed by atoms with Crippen LogP contribution in [-0.4, -0.2) is 105 Å². The summed E-state index contributed by atoms with van der Waals surface area (Å²) in [6, 6.07) is 9.72. The van der Waals surface area contributed by atoms with Gasteiger partial charge in [0.15, 0.2) is 11.4 Å². The van der Waals surface area contributed by atoms with Gasteiger partial charge in [-0.25, -0.2) is 0 Å². The van der Waals surface area contributed by atoms with Crippen LogP contribution in [0.2, 0.25) is 0 Å². The lowest BCUT2D eigenvalue weighted by Crippen LogP contribution is -2.70. The monoisotopic (exact) mass is 620 g/mol. The molecule has 2 amide bonds. The molecule has 1 saturated carbocycles. The fourth-order valence-corrected chi connectivity index (χ4v) is 7.24. The van der Waals surface area contributed by atoms with E-state index in [9.17, 15) is 44.7 Å². The Balaban J connectivity index is 1.65. The van der Waals surface area contributed by atoms with Crippen LogP contribution in [0.4, 0.5) is 5.69 Å². The van der Waals surface area contributed by atoms with E-state index in [1.807, 2.05) is 6.07 Å². The molecule has 6 unspecified atom stereocenters. The largest absolute Gasteiger partial charge is 0.508 e. The van der Waals surface area contributed by atoms with Crippen molar-refractivity contribution in [2.45, 2.75) is 36.6 Å². The molecule has 3 aliphatic carbocycles. The summed E-state index contributed by atoms with van der Waals surface area (Å²) < 4.78 is 0. The topological polar surface area (TPSA) is 214 Å². The molecule has 1 fully saturated rings. The second kappa shape index (κ2) is 11.1. The van der Waals surface area contributed by atoms with Gasteiger partial charge in [-0.1, -0.05) is 43.3 Å². The van der Waals surface area contributed by atoms with E-state index < -0.39 is 93.3 Å². The predicted molar refractivity (Wildman–Crippen MR) is 162 cm³/mol. The number of ketones is 2. The average molecular weight is 621 g/mol. The Morgan fingerprint density at radius 3 is 2.18 bits per heavy atom. The molecule has 0 aliphatic heterocycles. The number of phenols is 1. The molecule has 7 atom stereocenters. The Morgan fingerprint density at radius 1 is 1.00 bits per heavy atom. The quantitative estimate of drug-likeness (QED) is 0.177.